The molecule has 2 N–H and O–H groups in total. The van der Waals surface area contributed by atoms with E-state index in [1.54, 1.807) is 7.11 Å². The first-order valence-corrected chi connectivity index (χ1v) is 9.66. The summed E-state index contributed by atoms with van der Waals surface area (Å²) in [5, 5.41) is 14.2. The maximum atomic E-state index is 10.7. The van der Waals surface area contributed by atoms with E-state index < -0.39 is 6.10 Å². The van der Waals surface area contributed by atoms with Crippen LogP contribution in [0.4, 0.5) is 0 Å². The van der Waals surface area contributed by atoms with Crippen LogP contribution in [0, 0.1) is 0 Å². The minimum absolute atomic E-state index is 0.282. The van der Waals surface area contributed by atoms with Gasteiger partial charge in [0.2, 0.25) is 0 Å². The molecule has 1 saturated carbocycles. The third-order valence-corrected chi connectivity index (χ3v) is 5.33. The summed E-state index contributed by atoms with van der Waals surface area (Å²) in [5.74, 6) is 1.39. The Morgan fingerprint density at radius 1 is 1.19 bits per heavy atom. The summed E-state index contributed by atoms with van der Waals surface area (Å²) in [6, 6.07) is 12.4. The van der Waals surface area contributed by atoms with Crippen molar-refractivity contribution in [2.75, 3.05) is 13.7 Å². The largest absolute Gasteiger partial charge is 0.497 e. The Bertz CT molecular complexity index is 681. The number of aromatic nitrogens is 1. The summed E-state index contributed by atoms with van der Waals surface area (Å²) < 4.78 is 5.20. The zero-order valence-corrected chi connectivity index (χ0v) is 15.8. The van der Waals surface area contributed by atoms with Crippen LogP contribution in [0.1, 0.15) is 61.4 Å². The molecule has 0 radical (unpaired) electrons. The van der Waals surface area contributed by atoms with Crippen molar-refractivity contribution in [3.63, 3.8) is 0 Å². The number of nitrogens with zero attached hydrogens (tertiary/aromatic N) is 1. The van der Waals surface area contributed by atoms with E-state index in [2.05, 4.69) is 29.4 Å². The fraction of sp³-hybridized carbons (Fsp3) is 0.500. The Hall–Kier alpha value is -1.91. The summed E-state index contributed by atoms with van der Waals surface area (Å²) in [6.07, 6.45) is 7.18. The molecule has 3 rings (SSSR count). The van der Waals surface area contributed by atoms with Crippen LogP contribution >= 0.6 is 0 Å². The molecule has 1 heterocycles. The molecule has 0 spiro atoms. The predicted molar refractivity (Wildman–Crippen MR) is 105 cm³/mol. The monoisotopic (exact) mass is 354 g/mol. The van der Waals surface area contributed by atoms with E-state index in [1.165, 1.54) is 31.2 Å². The van der Waals surface area contributed by atoms with E-state index in [1.807, 2.05) is 30.5 Å². The summed E-state index contributed by atoms with van der Waals surface area (Å²) in [5.41, 5.74) is 3.35. The van der Waals surface area contributed by atoms with Crippen LogP contribution in [0.5, 0.6) is 5.75 Å². The van der Waals surface area contributed by atoms with Crippen molar-refractivity contribution >= 4 is 0 Å². The summed E-state index contributed by atoms with van der Waals surface area (Å²) in [7, 11) is 1.68. The van der Waals surface area contributed by atoms with Gasteiger partial charge in [0.25, 0.3) is 0 Å². The average Bonchev–Trinajstić information content (AvgIpc) is 3.21. The van der Waals surface area contributed by atoms with Crippen molar-refractivity contribution in [1.29, 1.82) is 0 Å². The second-order valence-electron chi connectivity index (χ2n) is 7.34. The molecule has 140 valence electrons. The minimum atomic E-state index is -0.516. The molecule has 4 heteroatoms. The van der Waals surface area contributed by atoms with Crippen LogP contribution in [0.3, 0.4) is 0 Å². The number of hydrogen-bond acceptors (Lipinski definition) is 4. The smallest absolute Gasteiger partial charge is 0.118 e. The molecule has 26 heavy (non-hydrogen) atoms. The van der Waals surface area contributed by atoms with Crippen molar-refractivity contribution in [1.82, 2.24) is 10.3 Å². The molecule has 0 bridgehead atoms. The number of methoxy groups -OCH3 is 1. The molecule has 0 saturated heterocycles. The van der Waals surface area contributed by atoms with Gasteiger partial charge in [-0.15, -0.1) is 0 Å². The molecule has 1 aromatic heterocycles. The van der Waals surface area contributed by atoms with E-state index in [9.17, 15) is 5.11 Å². The van der Waals surface area contributed by atoms with E-state index in [0.29, 0.717) is 12.5 Å². The normalized spacial score (nSPS) is 17.2. The fourth-order valence-electron chi connectivity index (χ4n) is 3.86. The fourth-order valence-corrected chi connectivity index (χ4v) is 3.86. The van der Waals surface area contributed by atoms with Gasteiger partial charge in [-0.1, -0.05) is 31.0 Å². The highest BCUT2D eigenvalue weighted by atomic mass is 16.5. The molecule has 0 amide bonds. The first kappa shape index (κ1) is 18.9. The van der Waals surface area contributed by atoms with E-state index >= 15 is 0 Å². The Morgan fingerprint density at radius 2 is 1.92 bits per heavy atom. The molecule has 2 aromatic rings. The van der Waals surface area contributed by atoms with Crippen molar-refractivity contribution < 1.29 is 9.84 Å². The van der Waals surface area contributed by atoms with Crippen LogP contribution in [-0.4, -0.2) is 29.8 Å². The van der Waals surface area contributed by atoms with Gasteiger partial charge in [-0.3, -0.25) is 4.98 Å². The summed E-state index contributed by atoms with van der Waals surface area (Å²) in [4.78, 5) is 4.59. The molecular weight excluding hydrogens is 324 g/mol. The van der Waals surface area contributed by atoms with E-state index in [4.69, 9.17) is 4.74 Å². The number of pyridine rings is 1. The average molecular weight is 354 g/mol. The van der Waals surface area contributed by atoms with Gasteiger partial charge >= 0.3 is 0 Å². The van der Waals surface area contributed by atoms with Gasteiger partial charge in [-0.2, -0.15) is 0 Å². The molecule has 4 nitrogen and oxygen atoms in total. The molecule has 1 aromatic carbocycles. The zero-order chi connectivity index (χ0) is 18.4. The van der Waals surface area contributed by atoms with E-state index in [0.717, 1.165) is 23.4 Å². The minimum Gasteiger partial charge on any atom is -0.497 e. The summed E-state index contributed by atoms with van der Waals surface area (Å²) in [6.45, 7) is 2.70. The van der Waals surface area contributed by atoms with Gasteiger partial charge in [0, 0.05) is 36.0 Å². The lowest BCUT2D eigenvalue weighted by Gasteiger charge is -2.21. The Morgan fingerprint density at radius 3 is 2.62 bits per heavy atom. The molecule has 1 aliphatic carbocycles. The van der Waals surface area contributed by atoms with Crippen molar-refractivity contribution in [3.8, 4) is 5.75 Å². The highest BCUT2D eigenvalue weighted by Gasteiger charge is 2.23. The molecule has 0 unspecified atom stereocenters. The number of hydrogen-bond donors (Lipinski definition) is 2. The highest BCUT2D eigenvalue weighted by Crippen LogP contribution is 2.36. The Kier molecular flexibility index (Phi) is 6.64. The SMILES string of the molecule is COc1ccc(C[C@@H](C)NC[C@H](O)c2cccnc2C2CCCC2)cc1. The molecule has 1 aliphatic rings. The van der Waals surface area contributed by atoms with Crippen LogP contribution < -0.4 is 10.1 Å². The Labute approximate surface area is 156 Å². The van der Waals surface area contributed by atoms with Gasteiger partial charge in [0.1, 0.15) is 5.75 Å². The standard InChI is InChI=1S/C22H30N2O2/c1-16(14-17-9-11-19(26-2)12-10-17)24-15-21(25)20-8-5-13-23-22(20)18-6-3-4-7-18/h5,8-13,16,18,21,24-25H,3-4,6-7,14-15H2,1-2H3/t16-,21+/m1/s1. The van der Waals surface area contributed by atoms with Crippen molar-refractivity contribution in [2.45, 2.75) is 57.1 Å². The predicted octanol–water partition coefficient (Wildman–Crippen LogP) is 4.00. The van der Waals surface area contributed by atoms with E-state index in [-0.39, 0.29) is 6.04 Å². The van der Waals surface area contributed by atoms with Gasteiger partial charge in [0.15, 0.2) is 0 Å². The van der Waals surface area contributed by atoms with Gasteiger partial charge < -0.3 is 15.2 Å². The number of aliphatic hydroxyl groups is 1. The first-order chi connectivity index (χ1) is 12.7. The van der Waals surface area contributed by atoms with Crippen LogP contribution in [-0.2, 0) is 6.42 Å². The number of nitrogens with one attached hydrogen (secondary N) is 1. The number of aliphatic hydroxyl groups excluding tert-OH is 1. The quantitative estimate of drug-likeness (QED) is 0.752. The summed E-state index contributed by atoms with van der Waals surface area (Å²) >= 11 is 0. The lowest BCUT2D eigenvalue weighted by molar-refractivity contribution is 0.168. The lowest BCUT2D eigenvalue weighted by atomic mass is 9.95. The number of rotatable bonds is 8. The second-order valence-corrected chi connectivity index (χ2v) is 7.34. The van der Waals surface area contributed by atoms with Crippen LogP contribution in [0.15, 0.2) is 42.6 Å². The molecular formula is C22H30N2O2. The number of ether oxygens (including phenoxy) is 1. The molecule has 0 aliphatic heterocycles. The molecule has 2 atom stereocenters. The third-order valence-electron chi connectivity index (χ3n) is 5.33. The van der Waals surface area contributed by atoms with Crippen LogP contribution in [0.25, 0.3) is 0 Å². The van der Waals surface area contributed by atoms with Crippen LogP contribution in [0.2, 0.25) is 0 Å². The zero-order valence-electron chi connectivity index (χ0n) is 15.8. The third kappa shape index (κ3) is 4.83. The number of benzene rings is 1. The van der Waals surface area contributed by atoms with Gasteiger partial charge in [-0.05, 0) is 49.9 Å². The lowest BCUT2D eigenvalue weighted by Crippen LogP contribution is -2.32. The highest BCUT2D eigenvalue weighted by molar-refractivity contribution is 5.28. The van der Waals surface area contributed by atoms with Gasteiger partial charge in [0.05, 0.1) is 13.2 Å². The maximum absolute atomic E-state index is 10.7. The second kappa shape index (κ2) is 9.15. The maximum Gasteiger partial charge on any atom is 0.118 e. The van der Waals surface area contributed by atoms with Crippen molar-refractivity contribution in [3.05, 3.63) is 59.4 Å². The van der Waals surface area contributed by atoms with Gasteiger partial charge in [-0.25, -0.2) is 0 Å². The Balaban J connectivity index is 1.55. The topological polar surface area (TPSA) is 54.4 Å². The molecule has 1 fully saturated rings. The van der Waals surface area contributed by atoms with Crippen molar-refractivity contribution in [2.24, 2.45) is 0 Å². The first-order valence-electron chi connectivity index (χ1n) is 9.66.